The molecule has 3 heterocycles. The molecule has 1 aliphatic carbocycles. The Labute approximate surface area is 122 Å². The highest BCUT2D eigenvalue weighted by molar-refractivity contribution is 7.81. The summed E-state index contributed by atoms with van der Waals surface area (Å²) in [5.41, 5.74) is 3.13. The molecular formula is C15H14N4S. The van der Waals surface area contributed by atoms with Crippen LogP contribution in [-0.4, -0.2) is 21.0 Å². The van der Waals surface area contributed by atoms with Gasteiger partial charge in [-0.3, -0.25) is 0 Å². The van der Waals surface area contributed by atoms with E-state index in [-0.39, 0.29) is 0 Å². The molecule has 1 N–H and O–H groups in total. The lowest BCUT2D eigenvalue weighted by Crippen LogP contribution is -2.22. The molecule has 2 aliphatic rings. The summed E-state index contributed by atoms with van der Waals surface area (Å²) in [7, 11) is 0. The highest BCUT2D eigenvalue weighted by Crippen LogP contribution is 2.43. The zero-order chi connectivity index (χ0) is 13.7. The number of hydrogen-bond acceptors (Lipinski definition) is 4. The number of nitrogens with one attached hydrogen (secondary N) is 1. The molecule has 1 fully saturated rings. The van der Waals surface area contributed by atoms with Crippen molar-refractivity contribution in [1.29, 1.82) is 0 Å². The molecule has 20 heavy (non-hydrogen) atoms. The Kier molecular flexibility index (Phi) is 2.50. The molecule has 2 aromatic heterocycles. The summed E-state index contributed by atoms with van der Waals surface area (Å²) in [6.45, 7) is 2.07. The van der Waals surface area contributed by atoms with Crippen molar-refractivity contribution in [2.45, 2.75) is 25.8 Å². The first kappa shape index (κ1) is 11.8. The average Bonchev–Trinajstić information content (AvgIpc) is 3.27. The number of anilines is 3. The molecular weight excluding hydrogens is 268 g/mol. The molecule has 0 unspecified atom stereocenters. The smallest absolute Gasteiger partial charge is 0.158 e. The van der Waals surface area contributed by atoms with Crippen LogP contribution in [-0.2, 0) is 0 Å². The third-order valence-corrected chi connectivity index (χ3v) is 4.10. The van der Waals surface area contributed by atoms with E-state index in [0.29, 0.717) is 11.0 Å². The van der Waals surface area contributed by atoms with E-state index in [1.165, 1.54) is 12.8 Å². The fraction of sp³-hybridized carbons (Fsp3) is 0.267. The van der Waals surface area contributed by atoms with Crippen LogP contribution in [0.4, 0.5) is 17.3 Å². The number of pyridine rings is 2. The largest absolute Gasteiger partial charge is 0.343 e. The molecule has 4 rings (SSSR count). The van der Waals surface area contributed by atoms with Gasteiger partial charge >= 0.3 is 0 Å². The predicted molar refractivity (Wildman–Crippen MR) is 83.7 cm³/mol. The van der Waals surface area contributed by atoms with Gasteiger partial charge in [0, 0.05) is 18.4 Å². The number of thiocarbonyl (C=S) groups is 1. The number of hydrogen-bond donors (Lipinski definition) is 1. The highest BCUT2D eigenvalue weighted by Gasteiger charge is 2.37. The highest BCUT2D eigenvalue weighted by atomic mass is 32.1. The first-order valence-corrected chi connectivity index (χ1v) is 7.18. The predicted octanol–water partition coefficient (Wildman–Crippen LogP) is 3.19. The van der Waals surface area contributed by atoms with Gasteiger partial charge in [0.2, 0.25) is 0 Å². The van der Waals surface area contributed by atoms with Crippen molar-refractivity contribution < 1.29 is 0 Å². The first-order valence-electron chi connectivity index (χ1n) is 6.77. The Balaban J connectivity index is 2.00. The molecule has 0 atom stereocenters. The number of rotatable bonds is 1. The number of fused-ring (bicyclic) bond motifs is 2. The molecule has 0 spiro atoms. The normalized spacial score (nSPS) is 17.1. The van der Waals surface area contributed by atoms with E-state index in [1.807, 2.05) is 30.6 Å². The molecule has 4 nitrogen and oxygen atoms in total. The van der Waals surface area contributed by atoms with Crippen molar-refractivity contribution in [3.63, 3.8) is 0 Å². The molecule has 1 aliphatic heterocycles. The lowest BCUT2D eigenvalue weighted by Gasteiger charge is -2.23. The Morgan fingerprint density at radius 3 is 2.80 bits per heavy atom. The molecule has 0 aromatic carbocycles. The Morgan fingerprint density at radius 1 is 1.20 bits per heavy atom. The van der Waals surface area contributed by atoms with Crippen LogP contribution in [0, 0.1) is 6.92 Å². The van der Waals surface area contributed by atoms with Crippen molar-refractivity contribution in [2.75, 3.05) is 10.2 Å². The van der Waals surface area contributed by atoms with Crippen molar-refractivity contribution >= 4 is 34.5 Å². The Morgan fingerprint density at radius 2 is 2.00 bits per heavy atom. The third kappa shape index (κ3) is 1.70. The third-order valence-electron chi connectivity index (χ3n) is 3.78. The van der Waals surface area contributed by atoms with Crippen molar-refractivity contribution in [2.24, 2.45) is 0 Å². The van der Waals surface area contributed by atoms with Crippen LogP contribution >= 0.6 is 12.2 Å². The summed E-state index contributed by atoms with van der Waals surface area (Å²) >= 11 is 5.54. The second kappa shape index (κ2) is 4.24. The molecule has 2 aromatic rings. The first-order chi connectivity index (χ1) is 9.75. The van der Waals surface area contributed by atoms with Gasteiger partial charge in [-0.25, -0.2) is 9.97 Å². The quantitative estimate of drug-likeness (QED) is 0.814. The van der Waals surface area contributed by atoms with E-state index in [9.17, 15) is 0 Å². The molecule has 0 amide bonds. The van der Waals surface area contributed by atoms with Crippen LogP contribution in [0.15, 0.2) is 30.6 Å². The molecule has 0 radical (unpaired) electrons. The van der Waals surface area contributed by atoms with Gasteiger partial charge in [-0.05, 0) is 43.5 Å². The van der Waals surface area contributed by atoms with Gasteiger partial charge in [0.25, 0.3) is 0 Å². The van der Waals surface area contributed by atoms with E-state index in [4.69, 9.17) is 12.2 Å². The van der Waals surface area contributed by atoms with E-state index < -0.39 is 0 Å². The SMILES string of the molecule is Cc1ccnc2c1NC(=S)c1cccnc1N2C1CC1. The van der Waals surface area contributed by atoms with Crippen LogP contribution < -0.4 is 10.2 Å². The van der Waals surface area contributed by atoms with Gasteiger partial charge in [0.1, 0.15) is 10.8 Å². The van der Waals surface area contributed by atoms with E-state index in [0.717, 1.165) is 28.5 Å². The average molecular weight is 282 g/mol. The van der Waals surface area contributed by atoms with Gasteiger partial charge < -0.3 is 10.2 Å². The van der Waals surface area contributed by atoms with Crippen molar-refractivity contribution in [3.05, 3.63) is 41.7 Å². The van der Waals surface area contributed by atoms with E-state index in [1.54, 1.807) is 0 Å². The molecule has 5 heteroatoms. The summed E-state index contributed by atoms with van der Waals surface area (Å²) in [5, 5.41) is 3.35. The minimum absolute atomic E-state index is 0.486. The maximum atomic E-state index is 5.54. The van der Waals surface area contributed by atoms with Gasteiger partial charge in [0.15, 0.2) is 5.82 Å². The van der Waals surface area contributed by atoms with Gasteiger partial charge in [-0.2, -0.15) is 0 Å². The van der Waals surface area contributed by atoms with Crippen molar-refractivity contribution in [1.82, 2.24) is 9.97 Å². The van der Waals surface area contributed by atoms with E-state index in [2.05, 4.69) is 27.1 Å². The summed E-state index contributed by atoms with van der Waals surface area (Å²) < 4.78 is 0. The van der Waals surface area contributed by atoms with Gasteiger partial charge in [-0.1, -0.05) is 12.2 Å². The maximum absolute atomic E-state index is 5.54. The number of aromatic nitrogens is 2. The minimum atomic E-state index is 0.486. The lowest BCUT2D eigenvalue weighted by molar-refractivity contribution is 0.920. The fourth-order valence-corrected chi connectivity index (χ4v) is 2.87. The minimum Gasteiger partial charge on any atom is -0.343 e. The standard InChI is InChI=1S/C15H14N4S/c1-9-6-8-17-14-12(9)18-15(20)11-3-2-7-16-13(11)19(14)10-4-5-10/h2-3,6-8,10H,4-5H2,1H3,(H,18,20). The van der Waals surface area contributed by atoms with Crippen LogP contribution in [0.5, 0.6) is 0 Å². The van der Waals surface area contributed by atoms with Crippen LogP contribution in [0.3, 0.4) is 0 Å². The molecule has 0 bridgehead atoms. The fourth-order valence-electron chi connectivity index (χ4n) is 2.61. The van der Waals surface area contributed by atoms with Crippen LogP contribution in [0.2, 0.25) is 0 Å². The second-order valence-electron chi connectivity index (χ2n) is 5.26. The van der Waals surface area contributed by atoms with Gasteiger partial charge in [-0.15, -0.1) is 0 Å². The van der Waals surface area contributed by atoms with Crippen molar-refractivity contribution in [3.8, 4) is 0 Å². The van der Waals surface area contributed by atoms with Gasteiger partial charge in [0.05, 0.1) is 11.3 Å². The van der Waals surface area contributed by atoms with Crippen LogP contribution in [0.25, 0.3) is 0 Å². The summed E-state index contributed by atoms with van der Waals surface area (Å²) in [6.07, 6.45) is 6.02. The second-order valence-corrected chi connectivity index (χ2v) is 5.66. The lowest BCUT2D eigenvalue weighted by atomic mass is 10.2. The van der Waals surface area contributed by atoms with E-state index >= 15 is 0 Å². The van der Waals surface area contributed by atoms with Crippen LogP contribution in [0.1, 0.15) is 24.0 Å². The molecule has 1 saturated carbocycles. The summed E-state index contributed by atoms with van der Waals surface area (Å²) in [5.74, 6) is 1.86. The Bertz CT molecular complexity index is 709. The summed E-state index contributed by atoms with van der Waals surface area (Å²) in [6, 6.07) is 6.44. The topological polar surface area (TPSA) is 41.1 Å². The maximum Gasteiger partial charge on any atom is 0.158 e. The number of aryl methyl sites for hydroxylation is 1. The monoisotopic (exact) mass is 282 g/mol. The zero-order valence-corrected chi connectivity index (χ0v) is 11.9. The Hall–Kier alpha value is -2.01. The molecule has 0 saturated heterocycles. The molecule has 100 valence electrons. The summed E-state index contributed by atoms with van der Waals surface area (Å²) in [4.78, 5) is 12.1. The zero-order valence-electron chi connectivity index (χ0n) is 11.1. The number of nitrogens with zero attached hydrogens (tertiary/aromatic N) is 3.